The molecule has 1 unspecified atom stereocenters. The van der Waals surface area contributed by atoms with Gasteiger partial charge in [0.15, 0.2) is 0 Å². The summed E-state index contributed by atoms with van der Waals surface area (Å²) in [6, 6.07) is 3.57. The average Bonchev–Trinajstić information content (AvgIpc) is 2.19. The topological polar surface area (TPSA) is 66.4 Å². The normalized spacial score (nSPS) is 14.6. The molecule has 0 fully saturated rings. The Bertz CT molecular complexity index is 538. The zero-order valence-electron chi connectivity index (χ0n) is 10.9. The van der Waals surface area contributed by atoms with E-state index in [1.807, 2.05) is 0 Å². The van der Waals surface area contributed by atoms with Crippen molar-refractivity contribution in [2.45, 2.75) is 44.2 Å². The predicted molar refractivity (Wildman–Crippen MR) is 67.2 cm³/mol. The Kier molecular flexibility index (Phi) is 4.15. The Morgan fingerprint density at radius 2 is 1.94 bits per heavy atom. The Balaban J connectivity index is 3.19. The molecule has 0 aliphatic rings. The molecule has 0 saturated carbocycles. The van der Waals surface area contributed by atoms with Crippen LogP contribution in [0.25, 0.3) is 0 Å². The lowest BCUT2D eigenvalue weighted by molar-refractivity contribution is 0.111. The Morgan fingerprint density at radius 3 is 2.44 bits per heavy atom. The fourth-order valence-corrected chi connectivity index (χ4v) is 3.08. The first kappa shape index (κ1) is 15.1. The highest BCUT2D eigenvalue weighted by atomic mass is 32.2. The molecule has 0 aromatic heterocycles. The minimum atomic E-state index is -3.87. The van der Waals surface area contributed by atoms with Crippen molar-refractivity contribution in [1.82, 2.24) is 4.72 Å². The molecule has 1 rings (SSSR count). The van der Waals surface area contributed by atoms with Crippen molar-refractivity contribution in [2.24, 2.45) is 0 Å². The van der Waals surface area contributed by atoms with E-state index in [2.05, 4.69) is 4.72 Å². The van der Waals surface area contributed by atoms with Crippen molar-refractivity contribution < 1.29 is 17.9 Å². The number of aliphatic hydroxyl groups excluding tert-OH is 1. The third kappa shape index (κ3) is 3.28. The van der Waals surface area contributed by atoms with Crippen LogP contribution in [0, 0.1) is 12.7 Å². The van der Waals surface area contributed by atoms with Crippen molar-refractivity contribution in [3.8, 4) is 0 Å². The van der Waals surface area contributed by atoms with Crippen LogP contribution in [0.2, 0.25) is 0 Å². The van der Waals surface area contributed by atoms with Crippen LogP contribution in [-0.2, 0) is 10.0 Å². The van der Waals surface area contributed by atoms with E-state index in [1.165, 1.54) is 19.1 Å². The molecule has 0 aliphatic heterocycles. The molecule has 1 aromatic carbocycles. The molecule has 6 heteroatoms. The monoisotopic (exact) mass is 275 g/mol. The van der Waals surface area contributed by atoms with E-state index in [-0.39, 0.29) is 4.90 Å². The highest BCUT2D eigenvalue weighted by molar-refractivity contribution is 7.89. The van der Waals surface area contributed by atoms with E-state index >= 15 is 0 Å². The van der Waals surface area contributed by atoms with E-state index in [9.17, 15) is 17.9 Å². The van der Waals surface area contributed by atoms with Gasteiger partial charge in [0.2, 0.25) is 10.0 Å². The number of hydrogen-bond donors (Lipinski definition) is 2. The fraction of sp³-hybridized carbons (Fsp3) is 0.500. The molecule has 0 bridgehead atoms. The van der Waals surface area contributed by atoms with Gasteiger partial charge < -0.3 is 5.11 Å². The summed E-state index contributed by atoms with van der Waals surface area (Å²) in [5.41, 5.74) is -0.581. The number of aryl methyl sites for hydroxylation is 1. The number of hydrogen-bond acceptors (Lipinski definition) is 3. The zero-order chi connectivity index (χ0) is 14.1. The summed E-state index contributed by atoms with van der Waals surface area (Å²) in [5.74, 6) is -0.615. The van der Waals surface area contributed by atoms with Gasteiger partial charge in [-0.3, -0.25) is 0 Å². The Hall–Kier alpha value is -0.980. The minimum Gasteiger partial charge on any atom is -0.391 e. The average molecular weight is 275 g/mol. The summed E-state index contributed by atoms with van der Waals surface area (Å²) in [4.78, 5) is -0.115. The number of rotatable bonds is 4. The third-order valence-electron chi connectivity index (χ3n) is 2.88. The molecule has 0 heterocycles. The number of aliphatic hydroxyl groups is 1. The Morgan fingerprint density at radius 1 is 1.39 bits per heavy atom. The van der Waals surface area contributed by atoms with Gasteiger partial charge in [-0.25, -0.2) is 17.5 Å². The van der Waals surface area contributed by atoms with Crippen LogP contribution in [0.1, 0.15) is 26.3 Å². The van der Waals surface area contributed by atoms with Crippen LogP contribution in [0.15, 0.2) is 23.1 Å². The van der Waals surface area contributed by atoms with Gasteiger partial charge >= 0.3 is 0 Å². The largest absolute Gasteiger partial charge is 0.391 e. The van der Waals surface area contributed by atoms with E-state index in [4.69, 9.17) is 0 Å². The lowest BCUT2D eigenvalue weighted by Crippen LogP contribution is -2.50. The first-order chi connectivity index (χ1) is 8.06. The summed E-state index contributed by atoms with van der Waals surface area (Å²) in [5, 5.41) is 9.51. The van der Waals surface area contributed by atoms with Crippen molar-refractivity contribution in [3.63, 3.8) is 0 Å². The van der Waals surface area contributed by atoms with Gasteiger partial charge in [0.1, 0.15) is 5.82 Å². The maximum atomic E-state index is 13.1. The molecule has 0 amide bonds. The van der Waals surface area contributed by atoms with Crippen LogP contribution in [0.4, 0.5) is 4.39 Å². The zero-order valence-corrected chi connectivity index (χ0v) is 11.7. The van der Waals surface area contributed by atoms with E-state index in [0.717, 1.165) is 6.07 Å². The van der Waals surface area contributed by atoms with Gasteiger partial charge in [0, 0.05) is 0 Å². The van der Waals surface area contributed by atoms with Gasteiger partial charge in [0.05, 0.1) is 16.5 Å². The van der Waals surface area contributed by atoms with Crippen LogP contribution in [0.3, 0.4) is 0 Å². The lowest BCUT2D eigenvalue weighted by atomic mass is 10.0. The molecule has 0 radical (unpaired) electrons. The smallest absolute Gasteiger partial charge is 0.241 e. The SMILES string of the molecule is Cc1ccc(F)cc1S(=O)(=O)NC(C)(C)C(C)O. The third-order valence-corrected chi connectivity index (χ3v) is 4.70. The molecule has 0 spiro atoms. The van der Waals surface area contributed by atoms with Gasteiger partial charge in [-0.2, -0.15) is 0 Å². The number of benzene rings is 1. The van der Waals surface area contributed by atoms with Gasteiger partial charge in [0.25, 0.3) is 0 Å². The molecule has 0 saturated heterocycles. The number of halogens is 1. The minimum absolute atomic E-state index is 0.115. The van der Waals surface area contributed by atoms with Crippen LogP contribution >= 0.6 is 0 Å². The molecule has 1 atom stereocenters. The van der Waals surface area contributed by atoms with Crippen molar-refractivity contribution >= 4 is 10.0 Å². The van der Waals surface area contributed by atoms with Crippen LogP contribution in [-0.4, -0.2) is 25.2 Å². The Labute approximate surface area is 107 Å². The predicted octanol–water partition coefficient (Wildman–Crippen LogP) is 1.57. The summed E-state index contributed by atoms with van der Waals surface area (Å²) in [6.45, 7) is 6.19. The van der Waals surface area contributed by atoms with E-state index in [1.54, 1.807) is 20.8 Å². The summed E-state index contributed by atoms with van der Waals surface area (Å²) < 4.78 is 39.8. The van der Waals surface area contributed by atoms with Crippen molar-refractivity contribution in [2.75, 3.05) is 0 Å². The van der Waals surface area contributed by atoms with E-state index < -0.39 is 27.5 Å². The maximum Gasteiger partial charge on any atom is 0.241 e. The first-order valence-corrected chi connectivity index (χ1v) is 7.03. The summed E-state index contributed by atoms with van der Waals surface area (Å²) >= 11 is 0. The molecular weight excluding hydrogens is 257 g/mol. The summed E-state index contributed by atoms with van der Waals surface area (Å²) in [7, 11) is -3.87. The molecule has 18 heavy (non-hydrogen) atoms. The second kappa shape index (κ2) is 4.95. The van der Waals surface area contributed by atoms with E-state index in [0.29, 0.717) is 5.56 Å². The molecule has 1 aromatic rings. The van der Waals surface area contributed by atoms with Crippen molar-refractivity contribution in [1.29, 1.82) is 0 Å². The second-order valence-corrected chi connectivity index (χ2v) is 6.56. The molecular formula is C12H18FNO3S. The second-order valence-electron chi connectivity index (χ2n) is 4.91. The highest BCUT2D eigenvalue weighted by Gasteiger charge is 2.31. The van der Waals surface area contributed by atoms with Crippen LogP contribution in [0.5, 0.6) is 0 Å². The number of nitrogens with one attached hydrogen (secondary N) is 1. The van der Waals surface area contributed by atoms with Crippen molar-refractivity contribution in [3.05, 3.63) is 29.6 Å². The number of sulfonamides is 1. The van der Waals surface area contributed by atoms with Gasteiger partial charge in [-0.05, 0) is 45.4 Å². The van der Waals surface area contributed by atoms with Gasteiger partial charge in [-0.1, -0.05) is 6.07 Å². The lowest BCUT2D eigenvalue weighted by Gasteiger charge is -2.29. The summed E-state index contributed by atoms with van der Waals surface area (Å²) in [6.07, 6.45) is -0.874. The molecule has 102 valence electrons. The highest BCUT2D eigenvalue weighted by Crippen LogP contribution is 2.19. The van der Waals surface area contributed by atoms with Crippen LogP contribution < -0.4 is 4.72 Å². The molecule has 0 aliphatic carbocycles. The quantitative estimate of drug-likeness (QED) is 0.876. The molecule has 2 N–H and O–H groups in total. The van der Waals surface area contributed by atoms with Gasteiger partial charge in [-0.15, -0.1) is 0 Å². The maximum absolute atomic E-state index is 13.1. The standard InChI is InChI=1S/C12H18FNO3S/c1-8-5-6-10(13)7-11(8)18(16,17)14-12(3,4)9(2)15/h5-7,9,14-15H,1-4H3. The fourth-order valence-electron chi connectivity index (χ4n) is 1.35. The first-order valence-electron chi connectivity index (χ1n) is 5.54. The molecule has 4 nitrogen and oxygen atoms in total.